The van der Waals surface area contributed by atoms with Gasteiger partial charge in [-0.2, -0.15) is 5.10 Å². The van der Waals surface area contributed by atoms with Gasteiger partial charge in [-0.05, 0) is 42.6 Å². The number of imide groups is 1. The van der Waals surface area contributed by atoms with Crippen molar-refractivity contribution in [2.45, 2.75) is 18.6 Å². The summed E-state index contributed by atoms with van der Waals surface area (Å²) in [7, 11) is 0. The predicted molar refractivity (Wildman–Crippen MR) is 108 cm³/mol. The highest BCUT2D eigenvalue weighted by atomic mass is 35.5. The molecular weight excluding hydrogens is 392 g/mol. The second kappa shape index (κ2) is 8.03. The highest BCUT2D eigenvalue weighted by Gasteiger charge is 2.40. The molecule has 0 aliphatic carbocycles. The smallest absolute Gasteiger partial charge is 0.247 e. The van der Waals surface area contributed by atoms with Gasteiger partial charge in [-0.15, -0.1) is 16.4 Å². The molecule has 2 N–H and O–H groups in total. The summed E-state index contributed by atoms with van der Waals surface area (Å²) in [5.41, 5.74) is 7.11. The van der Waals surface area contributed by atoms with E-state index in [1.807, 2.05) is 24.4 Å². The first-order valence-corrected chi connectivity index (χ1v) is 9.80. The fraction of sp³-hybridized carbons (Fsp3) is 0.176. The minimum absolute atomic E-state index is 0.0654. The first-order chi connectivity index (χ1) is 12.5. The second-order valence-corrected chi connectivity index (χ2v) is 8.06. The van der Waals surface area contributed by atoms with E-state index in [4.69, 9.17) is 17.3 Å². The van der Waals surface area contributed by atoms with Gasteiger partial charge in [-0.25, -0.2) is 4.90 Å². The van der Waals surface area contributed by atoms with Crippen molar-refractivity contribution in [3.8, 4) is 0 Å². The molecule has 1 aromatic heterocycles. The Labute approximate surface area is 163 Å². The van der Waals surface area contributed by atoms with Crippen molar-refractivity contribution in [1.29, 1.82) is 0 Å². The fourth-order valence-corrected chi connectivity index (χ4v) is 3.99. The lowest BCUT2D eigenvalue weighted by atomic mass is 10.3. The first kappa shape index (κ1) is 18.6. The molecule has 1 aliphatic rings. The van der Waals surface area contributed by atoms with Gasteiger partial charge in [0.25, 0.3) is 0 Å². The largest absolute Gasteiger partial charge is 0.377 e. The van der Waals surface area contributed by atoms with Gasteiger partial charge in [0.1, 0.15) is 5.25 Å². The SMILES string of the molecule is C/C(=N\N=C(N)SC1CC(=O)N(c2ccc(Cl)cc2)C1=O)c1cccs1. The van der Waals surface area contributed by atoms with Crippen LogP contribution in [-0.4, -0.2) is 27.9 Å². The summed E-state index contributed by atoms with van der Waals surface area (Å²) in [6, 6.07) is 10.4. The van der Waals surface area contributed by atoms with Crippen molar-refractivity contribution < 1.29 is 9.59 Å². The summed E-state index contributed by atoms with van der Waals surface area (Å²) >= 11 is 8.45. The summed E-state index contributed by atoms with van der Waals surface area (Å²) in [6.45, 7) is 1.83. The van der Waals surface area contributed by atoms with Crippen LogP contribution in [0.5, 0.6) is 0 Å². The Balaban J connectivity index is 1.69. The Morgan fingerprint density at radius 1 is 1.27 bits per heavy atom. The lowest BCUT2D eigenvalue weighted by molar-refractivity contribution is -0.121. The van der Waals surface area contributed by atoms with Gasteiger partial charge in [0.2, 0.25) is 11.8 Å². The monoisotopic (exact) mass is 406 g/mol. The molecule has 0 bridgehead atoms. The second-order valence-electron chi connectivity index (χ2n) is 5.46. The molecule has 6 nitrogen and oxygen atoms in total. The van der Waals surface area contributed by atoms with E-state index >= 15 is 0 Å². The normalized spacial score (nSPS) is 18.7. The molecule has 9 heteroatoms. The van der Waals surface area contributed by atoms with E-state index in [9.17, 15) is 9.59 Å². The number of anilines is 1. The zero-order valence-corrected chi connectivity index (χ0v) is 16.1. The van der Waals surface area contributed by atoms with Crippen molar-refractivity contribution in [3.63, 3.8) is 0 Å². The van der Waals surface area contributed by atoms with Gasteiger partial charge in [-0.1, -0.05) is 29.4 Å². The summed E-state index contributed by atoms with van der Waals surface area (Å²) in [6.07, 6.45) is 0.0654. The zero-order valence-electron chi connectivity index (χ0n) is 13.8. The Kier molecular flexibility index (Phi) is 5.75. The number of thioether (sulfide) groups is 1. The molecule has 2 heterocycles. The van der Waals surface area contributed by atoms with Gasteiger partial charge in [0, 0.05) is 11.4 Å². The van der Waals surface area contributed by atoms with E-state index in [1.54, 1.807) is 35.6 Å². The van der Waals surface area contributed by atoms with Crippen LogP contribution in [0.4, 0.5) is 5.69 Å². The highest BCUT2D eigenvalue weighted by molar-refractivity contribution is 8.14. The number of nitrogens with zero attached hydrogens (tertiary/aromatic N) is 3. The minimum atomic E-state index is -0.612. The molecule has 2 amide bonds. The molecule has 0 spiro atoms. The molecule has 2 aromatic rings. The van der Waals surface area contributed by atoms with Crippen molar-refractivity contribution >= 4 is 63.1 Å². The highest BCUT2D eigenvalue weighted by Crippen LogP contribution is 2.30. The number of thiophene rings is 1. The summed E-state index contributed by atoms with van der Waals surface area (Å²) in [4.78, 5) is 27.0. The third kappa shape index (κ3) is 4.14. The molecule has 1 aliphatic heterocycles. The van der Waals surface area contributed by atoms with E-state index in [-0.39, 0.29) is 23.4 Å². The number of carbonyl (C=O) groups excluding carboxylic acids is 2. The Morgan fingerprint density at radius 2 is 2.00 bits per heavy atom. The van der Waals surface area contributed by atoms with Gasteiger partial charge in [-0.3, -0.25) is 9.59 Å². The Morgan fingerprint density at radius 3 is 2.65 bits per heavy atom. The van der Waals surface area contributed by atoms with Crippen molar-refractivity contribution in [2.24, 2.45) is 15.9 Å². The summed E-state index contributed by atoms with van der Waals surface area (Å²) < 4.78 is 0. The number of carbonyl (C=O) groups is 2. The van der Waals surface area contributed by atoms with Gasteiger partial charge in [0.15, 0.2) is 5.17 Å². The fourth-order valence-electron chi connectivity index (χ4n) is 2.38. The van der Waals surface area contributed by atoms with Crippen LogP contribution in [0, 0.1) is 0 Å². The van der Waals surface area contributed by atoms with Crippen LogP contribution >= 0.6 is 34.7 Å². The number of amides is 2. The molecular formula is C17H15ClN4O2S2. The predicted octanol–water partition coefficient (Wildman–Crippen LogP) is 3.51. The van der Waals surface area contributed by atoms with Crippen LogP contribution in [0.15, 0.2) is 52.0 Å². The maximum absolute atomic E-state index is 12.6. The van der Waals surface area contributed by atoms with Crippen LogP contribution in [0.1, 0.15) is 18.2 Å². The van der Waals surface area contributed by atoms with E-state index in [0.29, 0.717) is 10.7 Å². The quantitative estimate of drug-likeness (QED) is 0.364. The number of benzene rings is 1. The molecule has 0 saturated carbocycles. The standard InChI is InChI=1S/C17H15ClN4O2S2/c1-10(13-3-2-8-25-13)20-21-17(19)26-14-9-15(23)22(16(14)24)12-6-4-11(18)5-7-12/h2-8,14H,9H2,1H3,(H2,19,21)/b20-10+. The van der Waals surface area contributed by atoms with Crippen molar-refractivity contribution in [3.05, 3.63) is 51.7 Å². The molecule has 1 aromatic carbocycles. The average molecular weight is 407 g/mol. The number of halogens is 1. The molecule has 0 radical (unpaired) electrons. The lowest BCUT2D eigenvalue weighted by Gasteiger charge is -2.14. The summed E-state index contributed by atoms with van der Waals surface area (Å²) in [5.74, 6) is -0.597. The number of rotatable bonds is 4. The van der Waals surface area contributed by atoms with Crippen LogP contribution in [0.2, 0.25) is 5.02 Å². The zero-order chi connectivity index (χ0) is 18.7. The third-order valence-electron chi connectivity index (χ3n) is 3.63. The van der Waals surface area contributed by atoms with Gasteiger partial charge >= 0.3 is 0 Å². The first-order valence-electron chi connectivity index (χ1n) is 7.66. The van der Waals surface area contributed by atoms with E-state index in [0.717, 1.165) is 27.3 Å². The maximum atomic E-state index is 12.6. The number of hydrogen-bond acceptors (Lipinski definition) is 6. The van der Waals surface area contributed by atoms with Crippen molar-refractivity contribution in [1.82, 2.24) is 0 Å². The van der Waals surface area contributed by atoms with E-state index in [2.05, 4.69) is 10.2 Å². The van der Waals surface area contributed by atoms with Crippen LogP contribution in [0.25, 0.3) is 0 Å². The Bertz CT molecular complexity index is 879. The van der Waals surface area contributed by atoms with Gasteiger partial charge < -0.3 is 5.73 Å². The minimum Gasteiger partial charge on any atom is -0.377 e. The molecule has 1 unspecified atom stereocenters. The van der Waals surface area contributed by atoms with Gasteiger partial charge in [0.05, 0.1) is 16.3 Å². The number of nitrogens with two attached hydrogens (primary N) is 1. The molecule has 3 rings (SSSR count). The molecule has 1 fully saturated rings. The van der Waals surface area contributed by atoms with Crippen LogP contribution in [0.3, 0.4) is 0 Å². The molecule has 134 valence electrons. The topological polar surface area (TPSA) is 88.1 Å². The Hall–Kier alpha value is -2.16. The van der Waals surface area contributed by atoms with Crippen molar-refractivity contribution in [2.75, 3.05) is 4.90 Å². The lowest BCUT2D eigenvalue weighted by Crippen LogP contribution is -2.31. The third-order valence-corrected chi connectivity index (χ3v) is 5.84. The van der Waals surface area contributed by atoms with E-state index < -0.39 is 5.25 Å². The number of hydrogen-bond donors (Lipinski definition) is 1. The molecule has 1 saturated heterocycles. The van der Waals surface area contributed by atoms with Crippen LogP contribution in [-0.2, 0) is 9.59 Å². The number of amidine groups is 1. The molecule has 26 heavy (non-hydrogen) atoms. The maximum Gasteiger partial charge on any atom is 0.247 e. The molecule has 1 atom stereocenters. The van der Waals surface area contributed by atoms with Crippen LogP contribution < -0.4 is 10.6 Å². The van der Waals surface area contributed by atoms with E-state index in [1.165, 1.54) is 0 Å². The average Bonchev–Trinajstić information content (AvgIpc) is 3.23. The summed E-state index contributed by atoms with van der Waals surface area (Å²) in [5, 5.41) is 10.1.